The Morgan fingerprint density at radius 1 is 1.10 bits per heavy atom. The molecule has 3 N–H and O–H groups in total. The van der Waals surface area contributed by atoms with Crippen LogP contribution in [0.1, 0.15) is 44.9 Å². The molecule has 0 spiro atoms. The molecule has 15 heteroatoms. The molecule has 0 fully saturated rings. The van der Waals surface area contributed by atoms with Crippen LogP contribution in [0.25, 0.3) is 22.2 Å². The minimum absolute atomic E-state index is 0.00146. The number of fused-ring (bicyclic) bond motifs is 1. The van der Waals surface area contributed by atoms with Gasteiger partial charge in [-0.2, -0.15) is 13.9 Å². The van der Waals surface area contributed by atoms with Crippen LogP contribution in [0, 0.1) is 11.8 Å². The number of halogens is 2. The number of benzene rings is 2. The Morgan fingerprint density at radius 3 is 2.50 bits per heavy atom. The largest absolute Gasteiger partial charge is 0.484 e. The first-order valence-electron chi connectivity index (χ1n) is 14.8. The van der Waals surface area contributed by atoms with E-state index in [2.05, 4.69) is 21.9 Å². The van der Waals surface area contributed by atoms with Gasteiger partial charge in [-0.25, -0.2) is 18.2 Å². The first-order valence-corrected chi connectivity index (χ1v) is 16.3. The van der Waals surface area contributed by atoms with E-state index in [0.29, 0.717) is 27.7 Å². The highest BCUT2D eigenvalue weighted by molar-refractivity contribution is 7.93. The number of hydrogen-bond donors (Lipinski definition) is 2. The lowest BCUT2D eigenvalue weighted by Gasteiger charge is -2.19. The van der Waals surface area contributed by atoms with Crippen molar-refractivity contribution < 1.29 is 40.9 Å². The number of rotatable bonds is 13. The number of pyridine rings is 1. The number of esters is 1. The molecule has 256 valence electrons. The summed E-state index contributed by atoms with van der Waals surface area (Å²) in [6, 6.07) is 13.5. The summed E-state index contributed by atoms with van der Waals surface area (Å²) < 4.78 is 76.2. The van der Waals surface area contributed by atoms with Gasteiger partial charge in [0.2, 0.25) is 0 Å². The van der Waals surface area contributed by atoms with E-state index in [1.165, 1.54) is 24.4 Å². The van der Waals surface area contributed by atoms with Crippen LogP contribution < -0.4 is 15.2 Å². The van der Waals surface area contributed by atoms with Crippen molar-refractivity contribution in [3.63, 3.8) is 0 Å². The highest BCUT2D eigenvalue weighted by Crippen LogP contribution is 2.38. The smallest absolute Gasteiger partial charge is 0.355 e. The zero-order valence-corrected chi connectivity index (χ0v) is 27.9. The molecule has 0 bridgehead atoms. The summed E-state index contributed by atoms with van der Waals surface area (Å²) >= 11 is 0. The molecule has 2 heterocycles. The molecular weight excluding hydrogens is 648 g/mol. The number of carbonyl (C=O) groups excluding carboxylic acids is 1. The Morgan fingerprint density at radius 2 is 1.81 bits per heavy atom. The number of aryl methyl sites for hydroxylation is 1. The highest BCUT2D eigenvalue weighted by Gasteiger charge is 2.26. The molecule has 2 aromatic carbocycles. The van der Waals surface area contributed by atoms with Gasteiger partial charge in [-0.15, -0.1) is 0 Å². The molecule has 0 aliphatic heterocycles. The summed E-state index contributed by atoms with van der Waals surface area (Å²) in [6.45, 7) is 7.34. The number of nitrogen functional groups attached to an aromatic ring is 1. The van der Waals surface area contributed by atoms with Crippen LogP contribution in [-0.2, 0) is 36.1 Å². The maximum Gasteiger partial charge on any atom is 0.355 e. The topological polar surface area (TPSA) is 157 Å². The first kappa shape index (κ1) is 36.1. The van der Waals surface area contributed by atoms with Crippen LogP contribution in [-0.4, -0.2) is 66.9 Å². The fourth-order valence-electron chi connectivity index (χ4n) is 4.56. The van der Waals surface area contributed by atoms with Crippen LogP contribution in [0.4, 0.5) is 20.3 Å². The SMILES string of the molecule is C[C@H](Oc1cc(-c2nn(C)c3c(C#CCOCCOCC(=O)OC(C)(C)C)cnc(N)c23)ccc1NS(=O)(=O)C(F)F)c1ccccc1. The summed E-state index contributed by atoms with van der Waals surface area (Å²) in [6.07, 6.45) is 0.947. The summed E-state index contributed by atoms with van der Waals surface area (Å²) in [4.78, 5) is 16.0. The molecule has 0 aliphatic carbocycles. The Labute approximate surface area is 277 Å². The van der Waals surface area contributed by atoms with E-state index in [1.54, 1.807) is 39.4 Å². The van der Waals surface area contributed by atoms with Crippen molar-refractivity contribution in [2.45, 2.75) is 45.2 Å². The average Bonchev–Trinajstić information content (AvgIpc) is 3.37. The van der Waals surface area contributed by atoms with Gasteiger partial charge >= 0.3 is 11.7 Å². The second kappa shape index (κ2) is 15.4. The van der Waals surface area contributed by atoms with Gasteiger partial charge in [-0.05, 0) is 45.4 Å². The molecule has 0 saturated heterocycles. The van der Waals surface area contributed by atoms with Gasteiger partial charge in [0.1, 0.15) is 42.2 Å². The van der Waals surface area contributed by atoms with E-state index in [9.17, 15) is 22.0 Å². The normalized spacial score (nSPS) is 12.4. The number of hydrogen-bond acceptors (Lipinski definition) is 10. The fraction of sp³-hybridized carbons (Fsp3) is 0.364. The standard InChI is InChI=1S/C33H37F2N5O7S/c1-21(22-10-7-6-8-11-22)46-26-18-23(13-14-25(26)39-48(42,43)32(34)35)29-28-30(40(5)38-29)24(19-37-31(28)36)12-9-15-44-16-17-45-20-27(41)47-33(2,3)4/h6-8,10-11,13-14,18-19,21,32,39H,15-17,20H2,1-5H3,(H2,36,37)/t21-/m0/s1. The minimum atomic E-state index is -4.99. The van der Waals surface area contributed by atoms with Gasteiger partial charge in [0, 0.05) is 18.8 Å². The van der Waals surface area contributed by atoms with Crippen LogP contribution in [0.15, 0.2) is 54.7 Å². The lowest BCUT2D eigenvalue weighted by atomic mass is 10.1. The van der Waals surface area contributed by atoms with Crippen molar-refractivity contribution in [1.82, 2.24) is 14.8 Å². The first-order chi connectivity index (χ1) is 22.7. The number of anilines is 2. The van der Waals surface area contributed by atoms with Crippen LogP contribution in [0.3, 0.4) is 0 Å². The van der Waals surface area contributed by atoms with E-state index in [4.69, 9.17) is 24.7 Å². The Balaban J connectivity index is 1.56. The average molecular weight is 686 g/mol. The van der Waals surface area contributed by atoms with E-state index < -0.39 is 33.5 Å². The molecule has 0 amide bonds. The van der Waals surface area contributed by atoms with E-state index in [-0.39, 0.29) is 43.7 Å². The quantitative estimate of drug-likeness (QED) is 0.111. The Bertz CT molecular complexity index is 1920. The lowest BCUT2D eigenvalue weighted by molar-refractivity contribution is -0.160. The molecule has 2 aromatic heterocycles. The summed E-state index contributed by atoms with van der Waals surface area (Å²) in [7, 11) is -3.28. The number of alkyl halides is 2. The van der Waals surface area contributed by atoms with Crippen LogP contribution in [0.2, 0.25) is 0 Å². The molecule has 12 nitrogen and oxygen atoms in total. The predicted molar refractivity (Wildman–Crippen MR) is 177 cm³/mol. The number of carbonyl (C=O) groups is 1. The van der Waals surface area contributed by atoms with Gasteiger partial charge in [0.05, 0.1) is 35.4 Å². The van der Waals surface area contributed by atoms with Gasteiger partial charge in [-0.1, -0.05) is 48.2 Å². The van der Waals surface area contributed by atoms with Gasteiger partial charge < -0.3 is 24.7 Å². The third kappa shape index (κ3) is 9.40. The number of aromatic nitrogens is 3. The van der Waals surface area contributed by atoms with Crippen molar-refractivity contribution in [3.8, 4) is 28.8 Å². The van der Waals surface area contributed by atoms with Crippen molar-refractivity contribution in [2.24, 2.45) is 7.05 Å². The van der Waals surface area contributed by atoms with E-state index >= 15 is 0 Å². The zero-order valence-electron chi connectivity index (χ0n) is 27.1. The molecule has 48 heavy (non-hydrogen) atoms. The summed E-state index contributed by atoms with van der Waals surface area (Å²) in [5.74, 6) is 1.99. The zero-order chi connectivity index (χ0) is 35.1. The summed E-state index contributed by atoms with van der Waals surface area (Å²) in [5.41, 5.74) is 8.27. The van der Waals surface area contributed by atoms with Crippen LogP contribution >= 0.6 is 0 Å². The maximum atomic E-state index is 13.2. The molecule has 4 rings (SSSR count). The second-order valence-corrected chi connectivity index (χ2v) is 13.2. The van der Waals surface area contributed by atoms with Gasteiger partial charge in [-0.3, -0.25) is 9.40 Å². The molecule has 0 saturated carbocycles. The van der Waals surface area contributed by atoms with Crippen molar-refractivity contribution in [1.29, 1.82) is 0 Å². The number of nitrogens with zero attached hydrogens (tertiary/aromatic N) is 3. The van der Waals surface area contributed by atoms with E-state index in [1.807, 2.05) is 35.1 Å². The Hall–Kier alpha value is -4.78. The molecule has 0 unspecified atom stereocenters. The number of ether oxygens (including phenoxy) is 4. The van der Waals surface area contributed by atoms with Crippen molar-refractivity contribution in [2.75, 3.05) is 36.9 Å². The third-order valence-electron chi connectivity index (χ3n) is 6.62. The summed E-state index contributed by atoms with van der Waals surface area (Å²) in [5, 5.41) is 5.11. The second-order valence-electron chi connectivity index (χ2n) is 11.5. The third-order valence-corrected chi connectivity index (χ3v) is 7.59. The number of nitrogens with two attached hydrogens (primary N) is 1. The number of nitrogens with one attached hydrogen (secondary N) is 1. The number of sulfonamides is 1. The van der Waals surface area contributed by atoms with Crippen molar-refractivity contribution >= 4 is 38.4 Å². The van der Waals surface area contributed by atoms with Gasteiger partial charge in [0.15, 0.2) is 0 Å². The monoisotopic (exact) mass is 685 g/mol. The fourth-order valence-corrected chi connectivity index (χ4v) is 5.12. The minimum Gasteiger partial charge on any atom is -0.484 e. The molecular formula is C33H37F2N5O7S. The van der Waals surface area contributed by atoms with Crippen molar-refractivity contribution in [3.05, 3.63) is 65.9 Å². The molecule has 1 atom stereocenters. The lowest BCUT2D eigenvalue weighted by Crippen LogP contribution is -2.27. The predicted octanol–water partition coefficient (Wildman–Crippen LogP) is 5.05. The van der Waals surface area contributed by atoms with E-state index in [0.717, 1.165) is 5.56 Å². The Kier molecular flexibility index (Phi) is 11.6. The molecule has 4 aromatic rings. The maximum absolute atomic E-state index is 13.2. The highest BCUT2D eigenvalue weighted by atomic mass is 32.2. The van der Waals surface area contributed by atoms with Gasteiger partial charge in [0.25, 0.3) is 10.0 Å². The molecule has 0 radical (unpaired) electrons. The molecule has 0 aliphatic rings. The van der Waals surface area contributed by atoms with Crippen LogP contribution in [0.5, 0.6) is 5.75 Å².